The van der Waals surface area contributed by atoms with Gasteiger partial charge in [0.25, 0.3) is 0 Å². The van der Waals surface area contributed by atoms with Gasteiger partial charge in [-0.3, -0.25) is 4.57 Å². The number of hydrogen-bond donors (Lipinski definition) is 1. The van der Waals surface area contributed by atoms with E-state index in [-0.39, 0.29) is 13.2 Å². The van der Waals surface area contributed by atoms with Crippen LogP contribution in [0.25, 0.3) is 0 Å². The van der Waals surface area contributed by atoms with Crippen molar-refractivity contribution in [1.29, 1.82) is 0 Å². The molecule has 0 aliphatic carbocycles. The molecule has 2 rings (SSSR count). The summed E-state index contributed by atoms with van der Waals surface area (Å²) >= 11 is 0. The Morgan fingerprint density at radius 2 is 1.96 bits per heavy atom. The van der Waals surface area contributed by atoms with Gasteiger partial charge >= 0.3 is 13.6 Å². The highest BCUT2D eigenvalue weighted by molar-refractivity contribution is 7.55. The van der Waals surface area contributed by atoms with Crippen LogP contribution in [0.15, 0.2) is 36.4 Å². The molecule has 1 aliphatic heterocycles. The molecule has 0 bridgehead atoms. The Morgan fingerprint density at radius 3 is 2.43 bits per heavy atom. The first kappa shape index (κ1) is 17.9. The van der Waals surface area contributed by atoms with Crippen LogP contribution in [0.3, 0.4) is 0 Å². The molecular weight excluding hydrogens is 319 g/mol. The Labute approximate surface area is 135 Å². The third-order valence-corrected chi connectivity index (χ3v) is 6.05. The normalized spacial score (nSPS) is 20.3. The Kier molecular flexibility index (Phi) is 5.42. The average Bonchev–Trinajstić information content (AvgIpc) is 2.93. The number of carbonyl (C=O) groups excluding carboxylic acids is 1. The maximum Gasteiger partial charge on any atom is 0.370 e. The van der Waals surface area contributed by atoms with Gasteiger partial charge < -0.3 is 18.9 Å². The van der Waals surface area contributed by atoms with Crippen molar-refractivity contribution in [2.75, 3.05) is 13.2 Å². The molecule has 1 heterocycles. The number of ether oxygens (including phenoxy) is 1. The first-order valence-electron chi connectivity index (χ1n) is 7.45. The van der Waals surface area contributed by atoms with Crippen molar-refractivity contribution in [3.8, 4) is 0 Å². The minimum atomic E-state index is -4.03. The highest BCUT2D eigenvalue weighted by Crippen LogP contribution is 2.66. The molecule has 1 aromatic carbocycles. The summed E-state index contributed by atoms with van der Waals surface area (Å²) in [5.74, 6) is -0.611. The molecule has 23 heavy (non-hydrogen) atoms. The zero-order valence-electron chi connectivity index (χ0n) is 13.4. The zero-order valence-corrected chi connectivity index (χ0v) is 14.3. The largest absolute Gasteiger partial charge is 0.451 e. The molecule has 6 nitrogen and oxygen atoms in total. The lowest BCUT2D eigenvalue weighted by molar-refractivity contribution is -0.146. The third kappa shape index (κ3) is 3.26. The van der Waals surface area contributed by atoms with E-state index in [0.29, 0.717) is 5.56 Å². The summed E-state index contributed by atoms with van der Waals surface area (Å²) in [7, 11) is -4.03. The van der Waals surface area contributed by atoms with E-state index in [0.717, 1.165) is 5.56 Å². The van der Waals surface area contributed by atoms with E-state index in [9.17, 15) is 14.5 Å². The Balaban J connectivity index is 2.61. The maximum atomic E-state index is 13.3. The molecule has 0 radical (unpaired) electrons. The van der Waals surface area contributed by atoms with E-state index in [2.05, 4.69) is 0 Å². The summed E-state index contributed by atoms with van der Waals surface area (Å²) in [4.78, 5) is 11.4. The molecule has 0 unspecified atom stereocenters. The van der Waals surface area contributed by atoms with Crippen LogP contribution in [0.5, 0.6) is 0 Å². The highest BCUT2D eigenvalue weighted by atomic mass is 31.2. The lowest BCUT2D eigenvalue weighted by Crippen LogP contribution is -2.40. The Morgan fingerprint density at radius 1 is 1.30 bits per heavy atom. The molecule has 0 aromatic heterocycles. The van der Waals surface area contributed by atoms with E-state index in [4.69, 9.17) is 13.8 Å². The molecule has 0 fully saturated rings. The van der Waals surface area contributed by atoms with E-state index < -0.39 is 25.0 Å². The quantitative estimate of drug-likeness (QED) is 0.607. The smallest absolute Gasteiger partial charge is 0.370 e. The standard InChI is InChI=1S/C16H21O6P/c1-4-20-23(19,21-5-2)16(18,14-9-10-15(17)22-14)13-8-6-7-12(3)11-13/h6-11,14,18H,4-5H2,1-3H3/t14-,16-/m1/s1. The third-order valence-electron chi connectivity index (χ3n) is 3.51. The molecule has 0 spiro atoms. The number of rotatable bonds is 7. The highest BCUT2D eigenvalue weighted by Gasteiger charge is 2.58. The molecule has 1 aromatic rings. The fourth-order valence-corrected chi connectivity index (χ4v) is 4.57. The lowest BCUT2D eigenvalue weighted by Gasteiger charge is -2.37. The second-order valence-corrected chi connectivity index (χ2v) is 7.34. The molecule has 0 amide bonds. The van der Waals surface area contributed by atoms with Crippen molar-refractivity contribution in [3.05, 3.63) is 47.5 Å². The van der Waals surface area contributed by atoms with E-state index in [1.807, 2.05) is 13.0 Å². The van der Waals surface area contributed by atoms with Crippen LogP contribution < -0.4 is 0 Å². The summed E-state index contributed by atoms with van der Waals surface area (Å²) in [5, 5.41) is 9.25. The minimum Gasteiger partial charge on any atom is -0.451 e. The molecule has 1 aliphatic rings. The second kappa shape index (κ2) is 6.97. The van der Waals surface area contributed by atoms with Gasteiger partial charge in [0.2, 0.25) is 5.34 Å². The molecule has 1 N–H and O–H groups in total. The van der Waals surface area contributed by atoms with Gasteiger partial charge in [0, 0.05) is 11.6 Å². The number of hydrogen-bond acceptors (Lipinski definition) is 6. The molecule has 7 heteroatoms. The van der Waals surface area contributed by atoms with Gasteiger partial charge in [0.05, 0.1) is 13.2 Å². The van der Waals surface area contributed by atoms with Crippen molar-refractivity contribution in [2.24, 2.45) is 0 Å². The van der Waals surface area contributed by atoms with Gasteiger partial charge in [-0.15, -0.1) is 0 Å². The summed E-state index contributed by atoms with van der Waals surface area (Å²) in [6, 6.07) is 6.84. The second-order valence-electron chi connectivity index (χ2n) is 5.15. The number of cyclic esters (lactones) is 1. The predicted octanol–water partition coefficient (Wildman–Crippen LogP) is 2.89. The Hall–Kier alpha value is -1.46. The fraction of sp³-hybridized carbons (Fsp3) is 0.438. The lowest BCUT2D eigenvalue weighted by atomic mass is 10.0. The SMILES string of the molecule is CCOP(=O)(OCC)[C@](O)(c1cccc(C)c1)[C@H]1C=CC(=O)O1. The van der Waals surface area contributed by atoms with Crippen LogP contribution in [-0.4, -0.2) is 30.4 Å². The van der Waals surface area contributed by atoms with Crippen molar-refractivity contribution in [3.63, 3.8) is 0 Å². The van der Waals surface area contributed by atoms with Gasteiger partial charge in [-0.2, -0.15) is 0 Å². The van der Waals surface area contributed by atoms with Crippen molar-refractivity contribution in [2.45, 2.75) is 32.2 Å². The van der Waals surface area contributed by atoms with Gasteiger partial charge in [-0.25, -0.2) is 4.79 Å². The van der Waals surface area contributed by atoms with Crippen molar-refractivity contribution >= 4 is 13.6 Å². The van der Waals surface area contributed by atoms with Crippen molar-refractivity contribution < 1.29 is 28.3 Å². The van der Waals surface area contributed by atoms with E-state index >= 15 is 0 Å². The minimum absolute atomic E-state index is 0.0792. The summed E-state index contributed by atoms with van der Waals surface area (Å²) in [6.45, 7) is 5.30. The number of aryl methyl sites for hydroxylation is 1. The molecular formula is C16H21O6P. The maximum absolute atomic E-state index is 13.3. The number of carbonyl (C=O) groups is 1. The van der Waals surface area contributed by atoms with E-state index in [1.54, 1.807) is 32.0 Å². The first-order valence-corrected chi connectivity index (χ1v) is 8.99. The fourth-order valence-electron chi connectivity index (χ4n) is 2.51. The van der Waals surface area contributed by atoms with Crippen LogP contribution in [0.2, 0.25) is 0 Å². The molecule has 0 saturated carbocycles. The van der Waals surface area contributed by atoms with Gasteiger partial charge in [-0.05, 0) is 26.8 Å². The predicted molar refractivity (Wildman–Crippen MR) is 85.0 cm³/mol. The molecule has 126 valence electrons. The van der Waals surface area contributed by atoms with Crippen LogP contribution in [0, 0.1) is 6.92 Å². The van der Waals surface area contributed by atoms with Crippen LogP contribution in [0.4, 0.5) is 0 Å². The van der Waals surface area contributed by atoms with Crippen LogP contribution in [0.1, 0.15) is 25.0 Å². The summed E-state index contributed by atoms with van der Waals surface area (Å²) < 4.78 is 29.1. The number of benzene rings is 1. The van der Waals surface area contributed by atoms with Crippen molar-refractivity contribution in [1.82, 2.24) is 0 Å². The molecule has 2 atom stereocenters. The molecule has 0 saturated heterocycles. The summed E-state index contributed by atoms with van der Waals surface area (Å²) in [5.41, 5.74) is 1.17. The number of aliphatic hydroxyl groups is 1. The number of esters is 1. The van der Waals surface area contributed by atoms with Gasteiger partial charge in [0.1, 0.15) is 0 Å². The zero-order chi connectivity index (χ0) is 17.1. The summed E-state index contributed by atoms with van der Waals surface area (Å²) in [6.07, 6.45) is 1.41. The topological polar surface area (TPSA) is 82.1 Å². The van der Waals surface area contributed by atoms with Gasteiger partial charge in [0.15, 0.2) is 6.10 Å². The first-order chi connectivity index (χ1) is 10.9. The monoisotopic (exact) mass is 340 g/mol. The van der Waals surface area contributed by atoms with Gasteiger partial charge in [-0.1, -0.05) is 29.8 Å². The van der Waals surface area contributed by atoms with E-state index in [1.165, 1.54) is 12.2 Å². The van der Waals surface area contributed by atoms with Crippen LogP contribution >= 0.6 is 7.60 Å². The van der Waals surface area contributed by atoms with Crippen LogP contribution in [-0.2, 0) is 28.5 Å². The Bertz CT molecular complexity index is 646. The average molecular weight is 340 g/mol.